The number of methoxy groups -OCH3 is 2. The average molecular weight is 900 g/mol. The Morgan fingerprint density at radius 3 is 1.46 bits per heavy atom. The Labute approximate surface area is 374 Å². The molecule has 3 aromatic carbocycles. The van der Waals surface area contributed by atoms with E-state index in [4.69, 9.17) is 19.4 Å². The smallest absolute Gasteiger partial charge is 0.416 e. The number of ether oxygens (including phenoxy) is 2. The first-order valence-corrected chi connectivity index (χ1v) is 22.3. The molecule has 0 spiro atoms. The SMILES string of the molecule is COC(=O)N[C@H](C(=O)N1CCC[C@H]1c1nc2cc([C@@H]3CC[C@@H](c4ccc5[nH]c([C@@H]6CCCN6C(=O)[C@@H](NC(=O)OC)C(C)C)nc5c4)N3c3ccc(C(F)(F)F)cc3)ccc2[nH]1)C(C)C. The first kappa shape index (κ1) is 45.2. The second kappa shape index (κ2) is 18.3. The van der Waals surface area contributed by atoms with Gasteiger partial charge >= 0.3 is 18.4 Å². The minimum atomic E-state index is -4.49. The van der Waals surface area contributed by atoms with Crippen LogP contribution in [-0.2, 0) is 25.2 Å². The van der Waals surface area contributed by atoms with Gasteiger partial charge in [0, 0.05) is 18.8 Å². The number of carbonyl (C=O) groups is 4. The molecular formula is C47H56F3N9O6. The van der Waals surface area contributed by atoms with Crippen LogP contribution < -0.4 is 15.5 Å². The number of carbonyl (C=O) groups excluding carboxylic acids is 4. The van der Waals surface area contributed by atoms with Crippen LogP contribution in [0.5, 0.6) is 0 Å². The highest BCUT2D eigenvalue weighted by molar-refractivity contribution is 5.87. The van der Waals surface area contributed by atoms with Gasteiger partial charge in [-0.3, -0.25) is 9.59 Å². The summed E-state index contributed by atoms with van der Waals surface area (Å²) >= 11 is 0. The monoisotopic (exact) mass is 899 g/mol. The molecule has 3 aliphatic rings. The highest BCUT2D eigenvalue weighted by atomic mass is 19.4. The molecule has 3 aliphatic heterocycles. The summed E-state index contributed by atoms with van der Waals surface area (Å²) in [6.07, 6.45) is -1.52. The van der Waals surface area contributed by atoms with Crippen LogP contribution in [0.25, 0.3) is 22.1 Å². The summed E-state index contributed by atoms with van der Waals surface area (Å²) in [6.45, 7) is 8.50. The van der Waals surface area contributed by atoms with E-state index in [1.165, 1.54) is 26.4 Å². The Bertz CT molecular complexity index is 2410. The summed E-state index contributed by atoms with van der Waals surface area (Å²) in [5, 5.41) is 5.37. The lowest BCUT2D eigenvalue weighted by Crippen LogP contribution is -2.51. The summed E-state index contributed by atoms with van der Waals surface area (Å²) in [5.74, 6) is 0.517. The number of likely N-dealkylation sites (tertiary alicyclic amines) is 2. The minimum absolute atomic E-state index is 0.176. The van der Waals surface area contributed by atoms with Crippen molar-refractivity contribution >= 4 is 51.8 Å². The van der Waals surface area contributed by atoms with Crippen molar-refractivity contribution in [2.45, 2.75) is 109 Å². The maximum absolute atomic E-state index is 13.8. The Kier molecular flexibility index (Phi) is 12.7. The van der Waals surface area contributed by atoms with E-state index in [-0.39, 0.29) is 47.8 Å². The van der Waals surface area contributed by atoms with Crippen LogP contribution in [0, 0.1) is 11.8 Å². The molecular weight excluding hydrogens is 844 g/mol. The second-order valence-corrected chi connectivity index (χ2v) is 18.0. The molecule has 3 saturated heterocycles. The van der Waals surface area contributed by atoms with E-state index in [1.807, 2.05) is 64.1 Å². The molecule has 8 rings (SSSR count). The van der Waals surface area contributed by atoms with E-state index in [1.54, 1.807) is 9.80 Å². The lowest BCUT2D eigenvalue weighted by Gasteiger charge is -2.33. The summed E-state index contributed by atoms with van der Waals surface area (Å²) < 4.78 is 51.0. The van der Waals surface area contributed by atoms with Gasteiger partial charge in [-0.05, 0) is 110 Å². The summed E-state index contributed by atoms with van der Waals surface area (Å²) in [6, 6.07) is 14.6. The lowest BCUT2D eigenvalue weighted by molar-refractivity contribution is -0.138. The van der Waals surface area contributed by atoms with E-state index in [0.29, 0.717) is 67.1 Å². The Morgan fingerprint density at radius 1 is 0.646 bits per heavy atom. The highest BCUT2D eigenvalue weighted by Crippen LogP contribution is 2.48. The highest BCUT2D eigenvalue weighted by Gasteiger charge is 2.41. The molecule has 3 fully saturated rings. The number of fused-ring (bicyclic) bond motifs is 2. The van der Waals surface area contributed by atoms with Gasteiger partial charge in [0.1, 0.15) is 23.7 Å². The van der Waals surface area contributed by atoms with Gasteiger partial charge in [-0.2, -0.15) is 13.2 Å². The summed E-state index contributed by atoms with van der Waals surface area (Å²) in [7, 11) is 2.52. The molecule has 0 saturated carbocycles. The van der Waals surface area contributed by atoms with Crippen LogP contribution in [0.3, 0.4) is 0 Å². The predicted octanol–water partition coefficient (Wildman–Crippen LogP) is 8.63. The molecule has 0 aliphatic carbocycles. The van der Waals surface area contributed by atoms with Gasteiger partial charge in [0.25, 0.3) is 0 Å². The maximum Gasteiger partial charge on any atom is 0.416 e. The van der Waals surface area contributed by atoms with E-state index in [9.17, 15) is 32.3 Å². The number of benzene rings is 3. The zero-order valence-electron chi connectivity index (χ0n) is 37.4. The fraction of sp³-hybridized carbons (Fsp3) is 0.489. The number of hydrogen-bond acceptors (Lipinski definition) is 9. The molecule has 2 aromatic heterocycles. The van der Waals surface area contributed by atoms with Crippen molar-refractivity contribution in [2.24, 2.45) is 11.8 Å². The number of nitrogens with zero attached hydrogens (tertiary/aromatic N) is 5. The number of alkyl carbamates (subject to hydrolysis) is 2. The van der Waals surface area contributed by atoms with Crippen molar-refractivity contribution in [3.8, 4) is 0 Å². The fourth-order valence-electron chi connectivity index (χ4n) is 9.85. The van der Waals surface area contributed by atoms with Crippen LogP contribution in [0.4, 0.5) is 28.4 Å². The van der Waals surface area contributed by atoms with Crippen molar-refractivity contribution in [3.63, 3.8) is 0 Å². The molecule has 15 nitrogen and oxygen atoms in total. The van der Waals surface area contributed by atoms with E-state index >= 15 is 0 Å². The molecule has 0 radical (unpaired) electrons. The molecule has 65 heavy (non-hydrogen) atoms. The van der Waals surface area contributed by atoms with Crippen molar-refractivity contribution in [2.75, 3.05) is 32.2 Å². The third kappa shape index (κ3) is 9.03. The minimum Gasteiger partial charge on any atom is -0.453 e. The fourth-order valence-corrected chi connectivity index (χ4v) is 9.85. The van der Waals surface area contributed by atoms with Gasteiger partial charge in [-0.15, -0.1) is 0 Å². The van der Waals surface area contributed by atoms with Crippen molar-refractivity contribution in [1.82, 2.24) is 40.4 Å². The molecule has 0 unspecified atom stereocenters. The number of anilines is 1. The van der Waals surface area contributed by atoms with Crippen LogP contribution in [0.1, 0.15) is 119 Å². The number of aromatic amines is 2. The lowest BCUT2D eigenvalue weighted by atomic mass is 10.0. The molecule has 0 bridgehead atoms. The van der Waals surface area contributed by atoms with Gasteiger partial charge in [0.05, 0.1) is 66.0 Å². The number of imidazole rings is 2. The molecule has 18 heteroatoms. The van der Waals surface area contributed by atoms with Crippen molar-refractivity contribution in [3.05, 3.63) is 89.0 Å². The molecule has 5 aromatic rings. The van der Waals surface area contributed by atoms with Crippen LogP contribution >= 0.6 is 0 Å². The van der Waals surface area contributed by atoms with Gasteiger partial charge in [-0.1, -0.05) is 39.8 Å². The third-order valence-corrected chi connectivity index (χ3v) is 13.2. The number of rotatable bonds is 11. The predicted molar refractivity (Wildman–Crippen MR) is 237 cm³/mol. The van der Waals surface area contributed by atoms with E-state index in [0.717, 1.165) is 47.1 Å². The summed E-state index contributed by atoms with van der Waals surface area (Å²) in [4.78, 5) is 74.5. The number of aromatic nitrogens is 4. The van der Waals surface area contributed by atoms with Crippen molar-refractivity contribution in [1.29, 1.82) is 0 Å². The Hall–Kier alpha value is -6.33. The number of hydrogen-bond donors (Lipinski definition) is 4. The third-order valence-electron chi connectivity index (χ3n) is 13.2. The average Bonchev–Trinajstić information content (AvgIpc) is 4.14. The first-order chi connectivity index (χ1) is 31.1. The zero-order chi connectivity index (χ0) is 46.3. The molecule has 346 valence electrons. The quantitative estimate of drug-likeness (QED) is 0.101. The first-order valence-electron chi connectivity index (χ1n) is 22.3. The second-order valence-electron chi connectivity index (χ2n) is 18.0. The number of H-pyrrole nitrogens is 2. The summed E-state index contributed by atoms with van der Waals surface area (Å²) in [5.41, 5.74) is 4.76. The number of nitrogens with one attached hydrogen (secondary N) is 4. The standard InChI is InChI=1S/C47H56F3N9O6/c1-25(2)39(55-45(62)64-5)43(60)57-21-7-9-37(57)41-51-31-17-11-27(23-33(31)53-41)35-19-20-36(59(35)30-15-13-29(14-16-30)47(48,49)50)28-12-18-32-34(24-28)54-42(52-32)38-10-8-22-58(38)44(61)40(26(3)4)56-46(63)65-6/h11-18,23-26,35-40H,7-10,19-22H2,1-6H3,(H,51,53)(H,52,54)(H,55,62)(H,56,63)/t35-,36-,37-,38-,39-,40-/m0/s1. The van der Waals surface area contributed by atoms with Gasteiger partial charge in [0.2, 0.25) is 11.8 Å². The van der Waals surface area contributed by atoms with Gasteiger partial charge < -0.3 is 44.8 Å². The Balaban J connectivity index is 1.09. The van der Waals surface area contributed by atoms with Crippen LogP contribution in [-0.4, -0.2) is 93.1 Å². The number of alkyl halides is 3. The van der Waals surface area contributed by atoms with Crippen molar-refractivity contribution < 1.29 is 41.8 Å². The largest absolute Gasteiger partial charge is 0.453 e. The van der Waals surface area contributed by atoms with E-state index < -0.39 is 36.0 Å². The van der Waals surface area contributed by atoms with Gasteiger partial charge in [0.15, 0.2) is 0 Å². The zero-order valence-corrected chi connectivity index (χ0v) is 37.4. The Morgan fingerprint density at radius 2 is 1.08 bits per heavy atom. The molecule has 6 atom stereocenters. The van der Waals surface area contributed by atoms with Crippen LogP contribution in [0.2, 0.25) is 0 Å². The van der Waals surface area contributed by atoms with Crippen LogP contribution in [0.15, 0.2) is 60.7 Å². The normalized spacial score (nSPS) is 21.1. The molecule has 4 amide bonds. The molecule has 5 heterocycles. The topological polar surface area (TPSA) is 178 Å². The number of halogens is 3. The van der Waals surface area contributed by atoms with E-state index in [2.05, 4.69) is 25.5 Å². The molecule has 4 N–H and O–H groups in total. The maximum atomic E-state index is 13.8. The number of amides is 4. The van der Waals surface area contributed by atoms with Gasteiger partial charge in [-0.25, -0.2) is 19.6 Å².